The van der Waals surface area contributed by atoms with Crippen LogP contribution in [0, 0.1) is 5.92 Å². The van der Waals surface area contributed by atoms with Crippen LogP contribution in [0.5, 0.6) is 0 Å². The van der Waals surface area contributed by atoms with E-state index >= 15 is 0 Å². The van der Waals surface area contributed by atoms with E-state index in [1.54, 1.807) is 19.3 Å². The minimum Gasteiger partial charge on any atom is -0.465 e. The second-order valence-electron chi connectivity index (χ2n) is 6.59. The van der Waals surface area contributed by atoms with E-state index in [1.165, 1.54) is 23.9 Å². The molecule has 0 atom stereocenters. The minimum atomic E-state index is -0.311. The van der Waals surface area contributed by atoms with Crippen molar-refractivity contribution >= 4 is 28.6 Å². The fourth-order valence-corrected chi connectivity index (χ4v) is 3.11. The zero-order valence-electron chi connectivity index (χ0n) is 14.8. The summed E-state index contributed by atoms with van der Waals surface area (Å²) in [5, 5.41) is 8.34. The zero-order valence-corrected chi connectivity index (χ0v) is 14.8. The SMILES string of the molecule is CCOC(=O)Cn1cc(Nc2ncc3ccn(CC4CCC4)c3n2)cn1. The molecular weight excluding hydrogens is 332 g/mol. The molecule has 0 amide bonds. The van der Waals surface area contributed by atoms with Gasteiger partial charge in [-0.15, -0.1) is 0 Å². The Hall–Kier alpha value is -2.90. The number of nitrogens with zero attached hydrogens (tertiary/aromatic N) is 5. The van der Waals surface area contributed by atoms with Gasteiger partial charge in [-0.2, -0.15) is 10.1 Å². The van der Waals surface area contributed by atoms with E-state index in [0.717, 1.165) is 29.2 Å². The number of hydrogen-bond acceptors (Lipinski definition) is 6. The number of anilines is 2. The molecule has 1 aliphatic rings. The van der Waals surface area contributed by atoms with Crippen molar-refractivity contribution in [1.29, 1.82) is 0 Å². The Morgan fingerprint density at radius 1 is 1.38 bits per heavy atom. The van der Waals surface area contributed by atoms with Gasteiger partial charge in [0.15, 0.2) is 0 Å². The van der Waals surface area contributed by atoms with Crippen LogP contribution in [0.15, 0.2) is 30.9 Å². The number of ether oxygens (including phenoxy) is 1. The summed E-state index contributed by atoms with van der Waals surface area (Å²) in [6.07, 6.45) is 11.2. The zero-order chi connectivity index (χ0) is 17.9. The molecule has 4 rings (SSSR count). The molecule has 8 heteroatoms. The van der Waals surface area contributed by atoms with Crippen molar-refractivity contribution in [2.45, 2.75) is 39.3 Å². The summed E-state index contributed by atoms with van der Waals surface area (Å²) in [5.74, 6) is 0.966. The summed E-state index contributed by atoms with van der Waals surface area (Å²) in [7, 11) is 0. The number of hydrogen-bond donors (Lipinski definition) is 1. The van der Waals surface area contributed by atoms with Crippen molar-refractivity contribution in [3.63, 3.8) is 0 Å². The first-order valence-electron chi connectivity index (χ1n) is 8.98. The lowest BCUT2D eigenvalue weighted by molar-refractivity contribution is -0.144. The van der Waals surface area contributed by atoms with Crippen molar-refractivity contribution in [3.05, 3.63) is 30.9 Å². The molecule has 0 unspecified atom stereocenters. The van der Waals surface area contributed by atoms with E-state index in [-0.39, 0.29) is 12.5 Å². The first-order chi connectivity index (χ1) is 12.7. The van der Waals surface area contributed by atoms with Crippen LogP contribution >= 0.6 is 0 Å². The van der Waals surface area contributed by atoms with Crippen molar-refractivity contribution in [1.82, 2.24) is 24.3 Å². The average Bonchev–Trinajstić information content (AvgIpc) is 3.18. The van der Waals surface area contributed by atoms with Crippen LogP contribution in [0.4, 0.5) is 11.6 Å². The molecule has 0 bridgehead atoms. The minimum absolute atomic E-state index is 0.0830. The highest BCUT2D eigenvalue weighted by atomic mass is 16.5. The smallest absolute Gasteiger partial charge is 0.327 e. The van der Waals surface area contributed by atoms with E-state index in [4.69, 9.17) is 4.74 Å². The van der Waals surface area contributed by atoms with E-state index in [1.807, 2.05) is 6.20 Å². The van der Waals surface area contributed by atoms with Gasteiger partial charge in [-0.05, 0) is 31.7 Å². The lowest BCUT2D eigenvalue weighted by atomic mass is 9.85. The molecule has 136 valence electrons. The summed E-state index contributed by atoms with van der Waals surface area (Å²) in [6.45, 7) is 3.24. The number of nitrogens with one attached hydrogen (secondary N) is 1. The van der Waals surface area contributed by atoms with Gasteiger partial charge in [0, 0.05) is 30.5 Å². The predicted octanol–water partition coefficient (Wildman–Crippen LogP) is 2.73. The quantitative estimate of drug-likeness (QED) is 0.657. The number of aromatic nitrogens is 5. The van der Waals surface area contributed by atoms with Gasteiger partial charge in [-0.25, -0.2) is 4.98 Å². The van der Waals surface area contributed by atoms with Gasteiger partial charge in [0.2, 0.25) is 5.95 Å². The molecule has 1 N–H and O–H groups in total. The average molecular weight is 354 g/mol. The molecule has 0 radical (unpaired) electrons. The molecule has 0 aromatic carbocycles. The molecule has 26 heavy (non-hydrogen) atoms. The monoisotopic (exact) mass is 354 g/mol. The second-order valence-corrected chi connectivity index (χ2v) is 6.59. The Morgan fingerprint density at radius 2 is 2.27 bits per heavy atom. The third-order valence-corrected chi connectivity index (χ3v) is 4.67. The largest absolute Gasteiger partial charge is 0.465 e. The van der Waals surface area contributed by atoms with Crippen LogP contribution < -0.4 is 5.32 Å². The molecule has 0 aliphatic heterocycles. The highest BCUT2D eigenvalue weighted by molar-refractivity contribution is 5.76. The Morgan fingerprint density at radius 3 is 3.04 bits per heavy atom. The molecule has 3 aromatic rings. The Labute approximate surface area is 151 Å². The number of esters is 1. The maximum Gasteiger partial charge on any atom is 0.327 e. The fourth-order valence-electron chi connectivity index (χ4n) is 3.11. The van der Waals surface area contributed by atoms with E-state index in [2.05, 4.69) is 37.2 Å². The van der Waals surface area contributed by atoms with Gasteiger partial charge in [0.05, 0.1) is 18.5 Å². The van der Waals surface area contributed by atoms with Crippen LogP contribution in [-0.4, -0.2) is 36.9 Å². The Kier molecular flexibility index (Phi) is 4.55. The topological polar surface area (TPSA) is 86.9 Å². The Bertz CT molecular complexity index is 911. The molecule has 0 saturated heterocycles. The number of carbonyl (C=O) groups excluding carboxylic acids is 1. The van der Waals surface area contributed by atoms with Crippen LogP contribution in [0.25, 0.3) is 11.0 Å². The molecule has 3 aromatic heterocycles. The first-order valence-corrected chi connectivity index (χ1v) is 8.98. The third kappa shape index (κ3) is 3.54. The maximum absolute atomic E-state index is 11.5. The van der Waals surface area contributed by atoms with Crippen LogP contribution in [0.3, 0.4) is 0 Å². The highest BCUT2D eigenvalue weighted by Gasteiger charge is 2.19. The molecule has 1 fully saturated rings. The van der Waals surface area contributed by atoms with Crippen LogP contribution in [-0.2, 0) is 22.6 Å². The predicted molar refractivity (Wildman–Crippen MR) is 97.0 cm³/mol. The lowest BCUT2D eigenvalue weighted by Gasteiger charge is -2.25. The summed E-state index contributed by atoms with van der Waals surface area (Å²) in [5.41, 5.74) is 1.67. The van der Waals surface area contributed by atoms with Crippen molar-refractivity contribution in [2.24, 2.45) is 5.92 Å². The maximum atomic E-state index is 11.5. The summed E-state index contributed by atoms with van der Waals surface area (Å²) < 4.78 is 8.65. The van der Waals surface area contributed by atoms with Gasteiger partial charge in [0.1, 0.15) is 12.2 Å². The van der Waals surface area contributed by atoms with Crippen molar-refractivity contribution in [3.8, 4) is 0 Å². The lowest BCUT2D eigenvalue weighted by Crippen LogP contribution is -2.17. The Balaban J connectivity index is 1.47. The summed E-state index contributed by atoms with van der Waals surface area (Å²) in [4.78, 5) is 20.5. The summed E-state index contributed by atoms with van der Waals surface area (Å²) >= 11 is 0. The van der Waals surface area contributed by atoms with Crippen LogP contribution in [0.2, 0.25) is 0 Å². The molecule has 3 heterocycles. The molecule has 0 spiro atoms. The third-order valence-electron chi connectivity index (χ3n) is 4.67. The van der Waals surface area contributed by atoms with Gasteiger partial charge in [-0.1, -0.05) is 6.42 Å². The standard InChI is InChI=1S/C18H22N6O2/c1-2-26-16(25)12-24-11-15(9-20-24)21-18-19-8-14-6-7-23(17(14)22-18)10-13-4-3-5-13/h6-9,11,13H,2-5,10,12H2,1H3,(H,19,21,22). The molecule has 1 saturated carbocycles. The number of carbonyl (C=O) groups is 1. The van der Waals surface area contributed by atoms with Gasteiger partial charge < -0.3 is 14.6 Å². The van der Waals surface area contributed by atoms with Gasteiger partial charge in [0.25, 0.3) is 0 Å². The number of fused-ring (bicyclic) bond motifs is 1. The van der Waals surface area contributed by atoms with Crippen molar-refractivity contribution in [2.75, 3.05) is 11.9 Å². The van der Waals surface area contributed by atoms with E-state index in [9.17, 15) is 4.79 Å². The number of rotatable bonds is 7. The molecule has 8 nitrogen and oxygen atoms in total. The second kappa shape index (κ2) is 7.15. The van der Waals surface area contributed by atoms with Gasteiger partial charge in [-0.3, -0.25) is 9.48 Å². The van der Waals surface area contributed by atoms with Crippen molar-refractivity contribution < 1.29 is 9.53 Å². The highest BCUT2D eigenvalue weighted by Crippen LogP contribution is 2.29. The fraction of sp³-hybridized carbons (Fsp3) is 0.444. The molecular formula is C18H22N6O2. The molecule has 1 aliphatic carbocycles. The van der Waals surface area contributed by atoms with E-state index in [0.29, 0.717) is 12.6 Å². The van der Waals surface area contributed by atoms with Gasteiger partial charge >= 0.3 is 5.97 Å². The van der Waals surface area contributed by atoms with Crippen LogP contribution in [0.1, 0.15) is 26.2 Å². The van der Waals surface area contributed by atoms with E-state index < -0.39 is 0 Å². The summed E-state index contributed by atoms with van der Waals surface area (Å²) in [6, 6.07) is 2.05. The first kappa shape index (κ1) is 16.6. The normalized spacial score (nSPS) is 14.3.